The fraction of sp³-hybridized carbons (Fsp3) is 0.167. The van der Waals surface area contributed by atoms with Crippen molar-refractivity contribution in [3.8, 4) is 10.4 Å². The Balaban J connectivity index is 2.52. The van der Waals surface area contributed by atoms with Crippen LogP contribution in [0.15, 0.2) is 28.7 Å². The van der Waals surface area contributed by atoms with Gasteiger partial charge in [-0.25, -0.2) is 4.39 Å². The summed E-state index contributed by atoms with van der Waals surface area (Å²) >= 11 is 11.0. The van der Waals surface area contributed by atoms with E-state index in [0.29, 0.717) is 9.50 Å². The van der Waals surface area contributed by atoms with Crippen molar-refractivity contribution in [3.63, 3.8) is 0 Å². The van der Waals surface area contributed by atoms with Gasteiger partial charge in [0.25, 0.3) is 0 Å². The van der Waals surface area contributed by atoms with E-state index in [4.69, 9.17) is 17.3 Å². The molecule has 0 aliphatic rings. The zero-order chi connectivity index (χ0) is 12.6. The third-order valence-electron chi connectivity index (χ3n) is 2.33. The first-order chi connectivity index (χ1) is 7.99. The third kappa shape index (κ3) is 2.71. The molecule has 1 aromatic carbocycles. The van der Waals surface area contributed by atoms with Gasteiger partial charge in [-0.05, 0) is 47.1 Å². The quantitative estimate of drug-likeness (QED) is 0.822. The zero-order valence-electron chi connectivity index (χ0n) is 9.01. The molecule has 0 amide bonds. The van der Waals surface area contributed by atoms with E-state index in [9.17, 15) is 4.39 Å². The van der Waals surface area contributed by atoms with Crippen LogP contribution in [-0.2, 0) is 0 Å². The minimum Gasteiger partial charge on any atom is -0.324 e. The first kappa shape index (κ1) is 13.0. The molecule has 1 aromatic heterocycles. The Bertz CT molecular complexity index is 530. The average molecular weight is 335 g/mol. The average Bonchev–Trinajstić information content (AvgIpc) is 2.65. The maximum atomic E-state index is 13.1. The second kappa shape index (κ2) is 5.06. The third-order valence-corrected chi connectivity index (χ3v) is 4.56. The SMILES string of the molecule is CC(N)c1ccc(-c2c(Cl)cc(F)cc2Br)s1. The molecule has 1 heterocycles. The Labute approximate surface area is 117 Å². The predicted octanol–water partition coefficient (Wildman–Crippen LogP) is 4.99. The molecular weight excluding hydrogens is 325 g/mol. The van der Waals surface area contributed by atoms with Gasteiger partial charge in [0.05, 0.1) is 5.02 Å². The molecule has 0 spiro atoms. The highest BCUT2D eigenvalue weighted by Gasteiger charge is 2.13. The maximum absolute atomic E-state index is 13.1. The molecule has 2 N–H and O–H groups in total. The van der Waals surface area contributed by atoms with Gasteiger partial charge in [-0.3, -0.25) is 0 Å². The summed E-state index contributed by atoms with van der Waals surface area (Å²) in [6, 6.07) is 6.63. The molecule has 5 heteroatoms. The van der Waals surface area contributed by atoms with Crippen LogP contribution in [0, 0.1) is 5.82 Å². The number of rotatable bonds is 2. The van der Waals surface area contributed by atoms with E-state index in [1.165, 1.54) is 12.1 Å². The van der Waals surface area contributed by atoms with Crippen LogP contribution in [0.4, 0.5) is 4.39 Å². The molecule has 0 saturated heterocycles. The second-order valence-corrected chi connectivity index (χ2v) is 6.11. The van der Waals surface area contributed by atoms with Crippen molar-refractivity contribution in [2.45, 2.75) is 13.0 Å². The number of hydrogen-bond donors (Lipinski definition) is 1. The van der Waals surface area contributed by atoms with Crippen molar-refractivity contribution in [1.82, 2.24) is 0 Å². The predicted molar refractivity (Wildman–Crippen MR) is 75.0 cm³/mol. The van der Waals surface area contributed by atoms with Crippen molar-refractivity contribution in [2.75, 3.05) is 0 Å². The monoisotopic (exact) mass is 333 g/mol. The summed E-state index contributed by atoms with van der Waals surface area (Å²) in [6.45, 7) is 1.93. The number of hydrogen-bond acceptors (Lipinski definition) is 2. The van der Waals surface area contributed by atoms with Crippen LogP contribution in [-0.4, -0.2) is 0 Å². The molecule has 1 atom stereocenters. The van der Waals surface area contributed by atoms with Gasteiger partial charge >= 0.3 is 0 Å². The highest BCUT2D eigenvalue weighted by atomic mass is 79.9. The molecule has 0 saturated carbocycles. The van der Waals surface area contributed by atoms with E-state index in [0.717, 1.165) is 15.3 Å². The van der Waals surface area contributed by atoms with Crippen LogP contribution >= 0.6 is 38.9 Å². The fourth-order valence-corrected chi connectivity index (χ4v) is 3.80. The van der Waals surface area contributed by atoms with Crippen molar-refractivity contribution >= 4 is 38.9 Å². The summed E-state index contributed by atoms with van der Waals surface area (Å²) in [7, 11) is 0. The molecule has 2 aromatic rings. The van der Waals surface area contributed by atoms with E-state index < -0.39 is 0 Å². The van der Waals surface area contributed by atoms with Gasteiger partial charge in [0.1, 0.15) is 5.82 Å². The summed E-state index contributed by atoms with van der Waals surface area (Å²) in [5, 5.41) is 0.398. The second-order valence-electron chi connectivity index (χ2n) is 3.74. The number of halogens is 3. The highest BCUT2D eigenvalue weighted by Crippen LogP contribution is 2.40. The van der Waals surface area contributed by atoms with Gasteiger partial charge in [0.15, 0.2) is 0 Å². The molecule has 0 bridgehead atoms. The van der Waals surface area contributed by atoms with Crippen molar-refractivity contribution in [1.29, 1.82) is 0 Å². The Morgan fingerprint density at radius 2 is 2.12 bits per heavy atom. The molecule has 1 unspecified atom stereocenters. The molecule has 2 rings (SSSR count). The van der Waals surface area contributed by atoms with Crippen LogP contribution in [0.5, 0.6) is 0 Å². The van der Waals surface area contributed by atoms with Crippen molar-refractivity contribution in [2.24, 2.45) is 5.73 Å². The first-order valence-corrected chi connectivity index (χ1v) is 6.98. The van der Waals surface area contributed by atoms with Crippen LogP contribution in [0.1, 0.15) is 17.8 Å². The van der Waals surface area contributed by atoms with Crippen LogP contribution in [0.3, 0.4) is 0 Å². The molecule has 90 valence electrons. The Hall–Kier alpha value is -0.420. The Morgan fingerprint density at radius 1 is 1.41 bits per heavy atom. The molecule has 0 fully saturated rings. The van der Waals surface area contributed by atoms with E-state index >= 15 is 0 Å². The lowest BCUT2D eigenvalue weighted by molar-refractivity contribution is 0.627. The lowest BCUT2D eigenvalue weighted by atomic mass is 10.2. The van der Waals surface area contributed by atoms with E-state index in [-0.39, 0.29) is 11.9 Å². The number of thiophene rings is 1. The largest absolute Gasteiger partial charge is 0.324 e. The number of nitrogens with two attached hydrogens (primary N) is 1. The summed E-state index contributed by atoms with van der Waals surface area (Å²) in [4.78, 5) is 2.06. The zero-order valence-corrected chi connectivity index (χ0v) is 12.2. The molecular formula is C12H10BrClFNS. The molecule has 0 radical (unpaired) electrons. The van der Waals surface area contributed by atoms with E-state index in [1.54, 1.807) is 11.3 Å². The Kier molecular flexibility index (Phi) is 3.88. The first-order valence-electron chi connectivity index (χ1n) is 4.99. The van der Waals surface area contributed by atoms with Crippen LogP contribution < -0.4 is 5.73 Å². The summed E-state index contributed by atoms with van der Waals surface area (Å²) in [5.41, 5.74) is 6.62. The maximum Gasteiger partial charge on any atom is 0.125 e. The van der Waals surface area contributed by atoms with Gasteiger partial charge < -0.3 is 5.73 Å². The molecule has 1 nitrogen and oxygen atoms in total. The smallest absolute Gasteiger partial charge is 0.125 e. The molecule has 0 aliphatic heterocycles. The van der Waals surface area contributed by atoms with Gasteiger partial charge in [0.2, 0.25) is 0 Å². The minimum atomic E-state index is -0.352. The molecule has 0 aliphatic carbocycles. The fourth-order valence-electron chi connectivity index (χ4n) is 1.51. The van der Waals surface area contributed by atoms with Crippen molar-refractivity contribution in [3.05, 3.63) is 44.5 Å². The Morgan fingerprint density at radius 3 is 2.65 bits per heavy atom. The topological polar surface area (TPSA) is 26.0 Å². The van der Waals surface area contributed by atoms with E-state index in [1.807, 2.05) is 19.1 Å². The lowest BCUT2D eigenvalue weighted by Gasteiger charge is -2.05. The number of benzene rings is 1. The summed E-state index contributed by atoms with van der Waals surface area (Å²) in [5.74, 6) is -0.352. The summed E-state index contributed by atoms with van der Waals surface area (Å²) in [6.07, 6.45) is 0. The van der Waals surface area contributed by atoms with Gasteiger partial charge in [-0.15, -0.1) is 11.3 Å². The van der Waals surface area contributed by atoms with Crippen LogP contribution in [0.2, 0.25) is 5.02 Å². The van der Waals surface area contributed by atoms with Gasteiger partial charge in [0, 0.05) is 25.8 Å². The highest BCUT2D eigenvalue weighted by molar-refractivity contribution is 9.10. The standard InChI is InChI=1S/C12H10BrClFNS/c1-6(16)10-2-3-11(17-10)12-8(13)4-7(15)5-9(12)14/h2-6H,16H2,1H3. The van der Waals surface area contributed by atoms with Gasteiger partial charge in [-0.1, -0.05) is 11.6 Å². The normalized spacial score (nSPS) is 12.8. The van der Waals surface area contributed by atoms with Gasteiger partial charge in [-0.2, -0.15) is 0 Å². The van der Waals surface area contributed by atoms with E-state index in [2.05, 4.69) is 15.9 Å². The van der Waals surface area contributed by atoms with Crippen molar-refractivity contribution < 1.29 is 4.39 Å². The minimum absolute atomic E-state index is 0.00764. The van der Waals surface area contributed by atoms with Crippen LogP contribution in [0.25, 0.3) is 10.4 Å². The summed E-state index contributed by atoms with van der Waals surface area (Å²) < 4.78 is 13.8. The molecule has 17 heavy (non-hydrogen) atoms. The lowest BCUT2D eigenvalue weighted by Crippen LogP contribution is -2.01.